The first kappa shape index (κ1) is 15.8. The molecular weight excluding hydrogens is 268 g/mol. The quantitative estimate of drug-likeness (QED) is 0.496. The average Bonchev–Trinajstić information content (AvgIpc) is 2.54. The summed E-state index contributed by atoms with van der Waals surface area (Å²) < 4.78 is 11.1. The molecule has 2 rings (SSSR count). The molecule has 6 nitrogen and oxygen atoms in total. The fraction of sp³-hybridized carbons (Fsp3) is 0.600. The Bertz CT molecular complexity index is 476. The van der Waals surface area contributed by atoms with Crippen LogP contribution in [0, 0.1) is 0 Å². The number of ether oxygens (including phenoxy) is 2. The number of hydrogen-bond donors (Lipinski definition) is 1. The Hall–Kier alpha value is -1.59. The molecular formula is C15H22N4O2. The van der Waals surface area contributed by atoms with Crippen molar-refractivity contribution in [1.82, 2.24) is 5.32 Å². The second-order valence-corrected chi connectivity index (χ2v) is 5.25. The maximum absolute atomic E-state index is 8.53. The molecule has 114 valence electrons. The van der Waals surface area contributed by atoms with Crippen LogP contribution in [0.2, 0.25) is 0 Å². The van der Waals surface area contributed by atoms with Crippen LogP contribution in [-0.4, -0.2) is 32.1 Å². The predicted molar refractivity (Wildman–Crippen MR) is 80.7 cm³/mol. The normalized spacial score (nSPS) is 26.9. The van der Waals surface area contributed by atoms with E-state index in [-0.39, 0.29) is 18.2 Å². The largest absolute Gasteiger partial charge is 0.355 e. The van der Waals surface area contributed by atoms with Crippen LogP contribution in [0.15, 0.2) is 35.4 Å². The number of hydrogen-bond acceptors (Lipinski definition) is 4. The van der Waals surface area contributed by atoms with Crippen molar-refractivity contribution in [3.63, 3.8) is 0 Å². The van der Waals surface area contributed by atoms with E-state index in [1.165, 1.54) is 5.56 Å². The van der Waals surface area contributed by atoms with Crippen LogP contribution >= 0.6 is 0 Å². The summed E-state index contributed by atoms with van der Waals surface area (Å²) >= 11 is 0. The zero-order valence-corrected chi connectivity index (χ0v) is 12.5. The molecule has 1 aromatic rings. The van der Waals surface area contributed by atoms with Gasteiger partial charge in [-0.3, -0.25) is 0 Å². The van der Waals surface area contributed by atoms with Gasteiger partial charge in [0.2, 0.25) is 0 Å². The minimum atomic E-state index is -0.450. The van der Waals surface area contributed by atoms with E-state index in [0.29, 0.717) is 0 Å². The van der Waals surface area contributed by atoms with Gasteiger partial charge < -0.3 is 14.8 Å². The SMILES string of the molecule is CO[C@@H]1O[C@@H](CN[C@@H](C)c2ccccc2)CC[C@@H]1N=[N+]=[N-]. The number of azide groups is 1. The van der Waals surface area contributed by atoms with Crippen molar-refractivity contribution >= 4 is 0 Å². The lowest BCUT2D eigenvalue weighted by molar-refractivity contribution is -0.187. The first-order chi connectivity index (χ1) is 10.2. The summed E-state index contributed by atoms with van der Waals surface area (Å²) in [5.74, 6) is 0. The third kappa shape index (κ3) is 4.44. The predicted octanol–water partition coefficient (Wildman–Crippen LogP) is 3.17. The summed E-state index contributed by atoms with van der Waals surface area (Å²) in [5, 5.41) is 7.20. The van der Waals surface area contributed by atoms with E-state index in [1.807, 2.05) is 18.2 Å². The molecule has 0 aliphatic carbocycles. The van der Waals surface area contributed by atoms with Gasteiger partial charge in [-0.05, 0) is 30.9 Å². The van der Waals surface area contributed by atoms with E-state index < -0.39 is 6.29 Å². The van der Waals surface area contributed by atoms with Crippen molar-refractivity contribution in [1.29, 1.82) is 0 Å². The Morgan fingerprint density at radius 3 is 2.86 bits per heavy atom. The Kier molecular flexibility index (Phi) is 6.02. The van der Waals surface area contributed by atoms with Crippen LogP contribution in [0.1, 0.15) is 31.4 Å². The Morgan fingerprint density at radius 1 is 1.43 bits per heavy atom. The van der Waals surface area contributed by atoms with Crippen molar-refractivity contribution in [2.24, 2.45) is 5.11 Å². The van der Waals surface area contributed by atoms with Gasteiger partial charge in [-0.1, -0.05) is 35.4 Å². The molecule has 0 radical (unpaired) electrons. The zero-order chi connectivity index (χ0) is 15.1. The molecule has 4 atom stereocenters. The summed E-state index contributed by atoms with van der Waals surface area (Å²) in [6.07, 6.45) is 1.27. The van der Waals surface area contributed by atoms with E-state index in [2.05, 4.69) is 34.4 Å². The van der Waals surface area contributed by atoms with Crippen LogP contribution in [0.5, 0.6) is 0 Å². The maximum Gasteiger partial charge on any atom is 0.166 e. The Morgan fingerprint density at radius 2 is 2.19 bits per heavy atom. The molecule has 21 heavy (non-hydrogen) atoms. The molecule has 1 heterocycles. The van der Waals surface area contributed by atoms with Gasteiger partial charge in [0.1, 0.15) is 0 Å². The first-order valence-electron chi connectivity index (χ1n) is 7.25. The summed E-state index contributed by atoms with van der Waals surface area (Å²) in [4.78, 5) is 2.85. The summed E-state index contributed by atoms with van der Waals surface area (Å²) in [6, 6.07) is 10.3. The van der Waals surface area contributed by atoms with E-state index in [9.17, 15) is 0 Å². The third-order valence-corrected chi connectivity index (χ3v) is 3.81. The Labute approximate surface area is 125 Å². The van der Waals surface area contributed by atoms with Gasteiger partial charge >= 0.3 is 0 Å². The summed E-state index contributed by atoms with van der Waals surface area (Å²) in [7, 11) is 1.58. The van der Waals surface area contributed by atoms with E-state index >= 15 is 0 Å². The molecule has 1 N–H and O–H groups in total. The lowest BCUT2D eigenvalue weighted by atomic mass is 10.0. The molecule has 0 aromatic heterocycles. The Balaban J connectivity index is 1.83. The molecule has 0 spiro atoms. The fourth-order valence-corrected chi connectivity index (χ4v) is 2.55. The average molecular weight is 290 g/mol. The number of benzene rings is 1. The summed E-state index contributed by atoms with van der Waals surface area (Å²) in [5.41, 5.74) is 9.79. The maximum atomic E-state index is 8.53. The van der Waals surface area contributed by atoms with Crippen molar-refractivity contribution in [3.05, 3.63) is 46.3 Å². The van der Waals surface area contributed by atoms with Crippen LogP contribution in [0.25, 0.3) is 10.4 Å². The fourth-order valence-electron chi connectivity index (χ4n) is 2.55. The number of methoxy groups -OCH3 is 1. The van der Waals surface area contributed by atoms with E-state index in [1.54, 1.807) is 7.11 Å². The van der Waals surface area contributed by atoms with Crippen molar-refractivity contribution in [2.75, 3.05) is 13.7 Å². The van der Waals surface area contributed by atoms with Crippen molar-refractivity contribution in [3.8, 4) is 0 Å². The highest BCUT2D eigenvalue weighted by molar-refractivity contribution is 5.18. The molecule has 0 bridgehead atoms. The lowest BCUT2D eigenvalue weighted by Crippen LogP contribution is -2.43. The molecule has 1 aliphatic rings. The third-order valence-electron chi connectivity index (χ3n) is 3.81. The van der Waals surface area contributed by atoms with Crippen LogP contribution in [0.3, 0.4) is 0 Å². The lowest BCUT2D eigenvalue weighted by Gasteiger charge is -2.34. The monoisotopic (exact) mass is 290 g/mol. The molecule has 0 amide bonds. The highest BCUT2D eigenvalue weighted by Crippen LogP contribution is 2.23. The minimum absolute atomic E-state index is 0.0752. The van der Waals surface area contributed by atoms with Gasteiger partial charge in [0.25, 0.3) is 0 Å². The standard InChI is InChI=1S/C15H22N4O2/c1-11(12-6-4-3-5-7-12)17-10-13-8-9-14(18-19-16)15(20-2)21-13/h3-7,11,13-15,17H,8-10H2,1-2H3/t11-,13+,14-,15+/m0/s1. The van der Waals surface area contributed by atoms with Gasteiger partial charge in [0, 0.05) is 24.6 Å². The van der Waals surface area contributed by atoms with Crippen molar-refractivity contribution < 1.29 is 9.47 Å². The zero-order valence-electron chi connectivity index (χ0n) is 12.5. The molecule has 0 saturated carbocycles. The van der Waals surface area contributed by atoms with Gasteiger partial charge in [-0.15, -0.1) is 0 Å². The highest BCUT2D eigenvalue weighted by atomic mass is 16.7. The molecule has 1 aliphatic heterocycles. The summed E-state index contributed by atoms with van der Waals surface area (Å²) in [6.45, 7) is 2.88. The molecule has 1 aromatic carbocycles. The second-order valence-electron chi connectivity index (χ2n) is 5.25. The number of rotatable bonds is 6. The van der Waals surface area contributed by atoms with Crippen LogP contribution in [-0.2, 0) is 9.47 Å². The smallest absolute Gasteiger partial charge is 0.166 e. The van der Waals surface area contributed by atoms with Gasteiger partial charge in [0.05, 0.1) is 12.1 Å². The van der Waals surface area contributed by atoms with Gasteiger partial charge in [-0.25, -0.2) is 0 Å². The topological polar surface area (TPSA) is 79.2 Å². The van der Waals surface area contributed by atoms with Crippen LogP contribution in [0.4, 0.5) is 0 Å². The van der Waals surface area contributed by atoms with Crippen molar-refractivity contribution in [2.45, 2.75) is 44.2 Å². The van der Waals surface area contributed by atoms with Gasteiger partial charge in [0.15, 0.2) is 6.29 Å². The molecule has 6 heteroatoms. The van der Waals surface area contributed by atoms with Gasteiger partial charge in [-0.2, -0.15) is 0 Å². The molecule has 1 saturated heterocycles. The first-order valence-corrected chi connectivity index (χ1v) is 7.25. The second kappa shape index (κ2) is 8.00. The molecule has 1 fully saturated rings. The number of nitrogens with zero attached hydrogens (tertiary/aromatic N) is 3. The van der Waals surface area contributed by atoms with Crippen LogP contribution < -0.4 is 5.32 Å². The highest BCUT2D eigenvalue weighted by Gasteiger charge is 2.30. The minimum Gasteiger partial charge on any atom is -0.355 e. The van der Waals surface area contributed by atoms with E-state index in [0.717, 1.165) is 19.4 Å². The van der Waals surface area contributed by atoms with E-state index in [4.69, 9.17) is 15.0 Å². The molecule has 0 unspecified atom stereocenters. The number of nitrogens with one attached hydrogen (secondary N) is 1.